The van der Waals surface area contributed by atoms with Crippen molar-refractivity contribution in [2.45, 2.75) is 20.8 Å². The number of aromatic amines is 1. The zero-order valence-corrected chi connectivity index (χ0v) is 12.6. The number of amides is 1. The zero-order chi connectivity index (χ0) is 15.2. The predicted octanol–water partition coefficient (Wildman–Crippen LogP) is 4.75. The predicted molar refractivity (Wildman–Crippen MR) is 88.8 cm³/mol. The van der Waals surface area contributed by atoms with Gasteiger partial charge in [0.05, 0.1) is 0 Å². The van der Waals surface area contributed by atoms with Crippen LogP contribution in [0, 0.1) is 6.92 Å². The van der Waals surface area contributed by atoms with Gasteiger partial charge in [-0.2, -0.15) is 0 Å². The number of nitrogens with one attached hydrogen (secondary N) is 2. The first-order valence-corrected chi connectivity index (χ1v) is 7.17. The van der Waals surface area contributed by atoms with E-state index in [0.29, 0.717) is 5.56 Å². The number of aromatic nitrogens is 1. The summed E-state index contributed by atoms with van der Waals surface area (Å²) in [7, 11) is 0. The molecule has 0 fully saturated rings. The van der Waals surface area contributed by atoms with E-state index in [-0.39, 0.29) is 5.91 Å². The Morgan fingerprint density at radius 3 is 2.62 bits per heavy atom. The highest BCUT2D eigenvalue weighted by Crippen LogP contribution is 2.16. The molecule has 1 amide bonds. The van der Waals surface area contributed by atoms with Crippen molar-refractivity contribution in [2.24, 2.45) is 0 Å². The van der Waals surface area contributed by atoms with Crippen LogP contribution in [0.15, 0.2) is 54.7 Å². The Kier molecular flexibility index (Phi) is 4.77. The Morgan fingerprint density at radius 2 is 1.86 bits per heavy atom. The molecule has 3 nitrogen and oxygen atoms in total. The number of fused-ring (bicyclic) bond motifs is 1. The van der Waals surface area contributed by atoms with Crippen molar-refractivity contribution in [1.82, 2.24) is 4.98 Å². The van der Waals surface area contributed by atoms with E-state index in [0.717, 1.165) is 22.2 Å². The minimum atomic E-state index is -0.0953. The lowest BCUT2D eigenvalue weighted by Gasteiger charge is -2.06. The first kappa shape index (κ1) is 14.9. The molecule has 21 heavy (non-hydrogen) atoms. The maximum absolute atomic E-state index is 12.2. The van der Waals surface area contributed by atoms with Crippen molar-refractivity contribution in [2.75, 3.05) is 5.32 Å². The van der Waals surface area contributed by atoms with Gasteiger partial charge in [-0.05, 0) is 48.2 Å². The Bertz CT molecular complexity index is 744. The number of benzene rings is 2. The second kappa shape index (κ2) is 6.75. The largest absolute Gasteiger partial charge is 0.361 e. The third-order valence-electron chi connectivity index (χ3n) is 3.09. The van der Waals surface area contributed by atoms with E-state index < -0.39 is 0 Å². The molecule has 0 saturated carbocycles. The highest BCUT2D eigenvalue weighted by molar-refractivity contribution is 6.06. The molecule has 0 aliphatic heterocycles. The number of rotatable bonds is 2. The highest BCUT2D eigenvalue weighted by atomic mass is 16.1. The molecule has 0 aliphatic rings. The van der Waals surface area contributed by atoms with E-state index in [2.05, 4.69) is 10.3 Å². The first-order valence-electron chi connectivity index (χ1n) is 7.17. The van der Waals surface area contributed by atoms with Crippen LogP contribution in [-0.4, -0.2) is 10.9 Å². The molecule has 3 aromatic rings. The van der Waals surface area contributed by atoms with Crippen LogP contribution < -0.4 is 5.32 Å². The van der Waals surface area contributed by atoms with E-state index in [1.54, 1.807) is 0 Å². The van der Waals surface area contributed by atoms with Crippen LogP contribution in [-0.2, 0) is 0 Å². The van der Waals surface area contributed by atoms with Gasteiger partial charge in [-0.1, -0.05) is 32.0 Å². The number of hydrogen-bond acceptors (Lipinski definition) is 1. The van der Waals surface area contributed by atoms with Crippen LogP contribution in [0.2, 0.25) is 0 Å². The number of carbonyl (C=O) groups excluding carboxylic acids is 1. The van der Waals surface area contributed by atoms with Gasteiger partial charge in [0, 0.05) is 23.0 Å². The molecule has 1 aromatic heterocycles. The lowest BCUT2D eigenvalue weighted by atomic mass is 10.1. The van der Waals surface area contributed by atoms with Gasteiger partial charge in [0.2, 0.25) is 0 Å². The summed E-state index contributed by atoms with van der Waals surface area (Å²) < 4.78 is 0. The molecule has 0 radical (unpaired) electrons. The van der Waals surface area contributed by atoms with Crippen LogP contribution in [0.25, 0.3) is 10.9 Å². The lowest BCUT2D eigenvalue weighted by molar-refractivity contribution is 0.102. The normalized spacial score (nSPS) is 9.86. The van der Waals surface area contributed by atoms with Crippen LogP contribution in [0.4, 0.5) is 5.69 Å². The van der Waals surface area contributed by atoms with Crippen molar-refractivity contribution in [1.29, 1.82) is 0 Å². The SMILES string of the molecule is CC.Cc1cccc(NC(=O)c2ccc3cc[nH]c3c2)c1. The van der Waals surface area contributed by atoms with E-state index in [1.807, 2.05) is 75.5 Å². The molecule has 0 spiro atoms. The maximum Gasteiger partial charge on any atom is 0.255 e. The van der Waals surface area contributed by atoms with Crippen molar-refractivity contribution in [3.63, 3.8) is 0 Å². The molecule has 0 atom stereocenters. The third kappa shape index (κ3) is 3.51. The van der Waals surface area contributed by atoms with Gasteiger partial charge in [0.25, 0.3) is 5.91 Å². The summed E-state index contributed by atoms with van der Waals surface area (Å²) in [6.45, 7) is 6.00. The van der Waals surface area contributed by atoms with Crippen LogP contribution in [0.3, 0.4) is 0 Å². The van der Waals surface area contributed by atoms with Crippen LogP contribution in [0.5, 0.6) is 0 Å². The maximum atomic E-state index is 12.2. The average Bonchev–Trinajstić information content (AvgIpc) is 2.96. The summed E-state index contributed by atoms with van der Waals surface area (Å²) in [5.74, 6) is -0.0953. The fourth-order valence-electron chi connectivity index (χ4n) is 2.12. The molecule has 1 heterocycles. The van der Waals surface area contributed by atoms with Crippen molar-refractivity contribution in [3.05, 3.63) is 65.9 Å². The second-order valence-electron chi connectivity index (χ2n) is 4.60. The summed E-state index contributed by atoms with van der Waals surface area (Å²) >= 11 is 0. The molecular formula is C18H20N2O. The van der Waals surface area contributed by atoms with Gasteiger partial charge >= 0.3 is 0 Å². The Hall–Kier alpha value is -2.55. The summed E-state index contributed by atoms with van der Waals surface area (Å²) in [4.78, 5) is 15.3. The number of hydrogen-bond donors (Lipinski definition) is 2. The number of H-pyrrole nitrogens is 1. The van der Waals surface area contributed by atoms with Gasteiger partial charge in [-0.15, -0.1) is 0 Å². The second-order valence-corrected chi connectivity index (χ2v) is 4.60. The topological polar surface area (TPSA) is 44.9 Å². The molecule has 3 heteroatoms. The number of carbonyl (C=O) groups is 1. The molecule has 0 bridgehead atoms. The van der Waals surface area contributed by atoms with Gasteiger partial charge in [0.1, 0.15) is 0 Å². The summed E-state index contributed by atoms with van der Waals surface area (Å²) in [6.07, 6.45) is 1.87. The number of anilines is 1. The van der Waals surface area contributed by atoms with Gasteiger partial charge in [0.15, 0.2) is 0 Å². The fraction of sp³-hybridized carbons (Fsp3) is 0.167. The monoisotopic (exact) mass is 280 g/mol. The quantitative estimate of drug-likeness (QED) is 0.698. The Balaban J connectivity index is 0.000000774. The van der Waals surface area contributed by atoms with Gasteiger partial charge < -0.3 is 10.3 Å². The van der Waals surface area contributed by atoms with E-state index in [9.17, 15) is 4.79 Å². The molecule has 2 N–H and O–H groups in total. The van der Waals surface area contributed by atoms with E-state index in [4.69, 9.17) is 0 Å². The lowest BCUT2D eigenvalue weighted by Crippen LogP contribution is -2.11. The van der Waals surface area contributed by atoms with Crippen molar-refractivity contribution in [3.8, 4) is 0 Å². The van der Waals surface area contributed by atoms with Crippen molar-refractivity contribution < 1.29 is 4.79 Å². The molecule has 3 rings (SSSR count). The third-order valence-corrected chi connectivity index (χ3v) is 3.09. The van der Waals surface area contributed by atoms with Crippen LogP contribution in [0.1, 0.15) is 29.8 Å². The summed E-state index contributed by atoms with van der Waals surface area (Å²) in [5.41, 5.74) is 3.56. The fourth-order valence-corrected chi connectivity index (χ4v) is 2.12. The van der Waals surface area contributed by atoms with Gasteiger partial charge in [-0.3, -0.25) is 4.79 Å². The molecule has 108 valence electrons. The molecule has 0 aliphatic carbocycles. The average molecular weight is 280 g/mol. The standard InChI is InChI=1S/C16H14N2O.C2H6/c1-11-3-2-4-14(9-11)18-16(19)13-6-5-12-7-8-17-15(12)10-13;1-2/h2-10,17H,1H3,(H,18,19);1-2H3. The number of aryl methyl sites for hydroxylation is 1. The molecule has 2 aromatic carbocycles. The zero-order valence-electron chi connectivity index (χ0n) is 12.6. The van der Waals surface area contributed by atoms with Gasteiger partial charge in [-0.25, -0.2) is 0 Å². The highest BCUT2D eigenvalue weighted by Gasteiger charge is 2.07. The molecule has 0 unspecified atom stereocenters. The van der Waals surface area contributed by atoms with E-state index >= 15 is 0 Å². The van der Waals surface area contributed by atoms with Crippen molar-refractivity contribution >= 4 is 22.5 Å². The first-order chi connectivity index (χ1) is 10.2. The minimum Gasteiger partial charge on any atom is -0.361 e. The molecular weight excluding hydrogens is 260 g/mol. The summed E-state index contributed by atoms with van der Waals surface area (Å²) in [5, 5.41) is 4.01. The Labute approximate surface area is 125 Å². The Morgan fingerprint density at radius 1 is 1.05 bits per heavy atom. The smallest absolute Gasteiger partial charge is 0.255 e. The molecule has 0 saturated heterocycles. The van der Waals surface area contributed by atoms with Crippen LogP contribution >= 0.6 is 0 Å². The summed E-state index contributed by atoms with van der Waals surface area (Å²) in [6, 6.07) is 15.4. The van der Waals surface area contributed by atoms with E-state index in [1.165, 1.54) is 0 Å². The minimum absolute atomic E-state index is 0.0953.